The highest BCUT2D eigenvalue weighted by Crippen LogP contribution is 2.17. The second kappa shape index (κ2) is 6.83. The van der Waals surface area contributed by atoms with Crippen LogP contribution in [-0.2, 0) is 21.2 Å². The molecule has 20 heavy (non-hydrogen) atoms. The third-order valence-electron chi connectivity index (χ3n) is 2.97. The van der Waals surface area contributed by atoms with Gasteiger partial charge in [0.2, 0.25) is 10.0 Å². The van der Waals surface area contributed by atoms with Crippen LogP contribution >= 0.6 is 0 Å². The first kappa shape index (κ1) is 16.6. The Morgan fingerprint density at radius 2 is 2.10 bits per heavy atom. The van der Waals surface area contributed by atoms with Crippen molar-refractivity contribution < 1.29 is 17.9 Å². The molecule has 0 radical (unpaired) electrons. The predicted molar refractivity (Wildman–Crippen MR) is 76.0 cm³/mol. The molecule has 0 saturated heterocycles. The quantitative estimate of drug-likeness (QED) is 0.806. The van der Waals surface area contributed by atoms with Gasteiger partial charge in [0.1, 0.15) is 0 Å². The Hall–Kier alpha value is -1.44. The van der Waals surface area contributed by atoms with E-state index in [1.165, 1.54) is 6.07 Å². The van der Waals surface area contributed by atoms with Crippen LogP contribution in [0.1, 0.15) is 29.8 Å². The van der Waals surface area contributed by atoms with Crippen LogP contribution in [0.2, 0.25) is 0 Å². The number of carbonyl (C=O) groups is 1. The maximum Gasteiger partial charge on any atom is 0.251 e. The molecule has 1 atom stereocenters. The maximum absolute atomic E-state index is 11.9. The first-order valence-electron chi connectivity index (χ1n) is 6.26. The molecule has 0 spiro atoms. The van der Waals surface area contributed by atoms with E-state index in [2.05, 4.69) is 5.32 Å². The molecular formula is C13H20N2O4S. The first-order valence-corrected chi connectivity index (χ1v) is 7.81. The van der Waals surface area contributed by atoms with Gasteiger partial charge in [-0.25, -0.2) is 13.6 Å². The van der Waals surface area contributed by atoms with E-state index in [1.807, 2.05) is 13.8 Å². The normalized spacial score (nSPS) is 13.0. The van der Waals surface area contributed by atoms with Crippen molar-refractivity contribution in [3.05, 3.63) is 29.3 Å². The molecule has 0 saturated carbocycles. The molecule has 1 unspecified atom stereocenters. The zero-order valence-corrected chi connectivity index (χ0v) is 12.7. The van der Waals surface area contributed by atoms with Gasteiger partial charge in [-0.2, -0.15) is 0 Å². The van der Waals surface area contributed by atoms with Gasteiger partial charge in [0.25, 0.3) is 5.91 Å². The van der Waals surface area contributed by atoms with Crippen LogP contribution in [-0.4, -0.2) is 34.1 Å². The molecule has 6 nitrogen and oxygen atoms in total. The Kier molecular flexibility index (Phi) is 5.67. The molecule has 1 aromatic rings. The summed E-state index contributed by atoms with van der Waals surface area (Å²) in [5.41, 5.74) is 0.851. The topological polar surface area (TPSA) is 98.5 Å². The van der Waals surface area contributed by atoms with E-state index in [9.17, 15) is 13.2 Å². The third kappa shape index (κ3) is 4.29. The van der Waals surface area contributed by atoms with Crippen molar-refractivity contribution in [3.63, 3.8) is 0 Å². The van der Waals surface area contributed by atoms with Crippen molar-refractivity contribution in [1.82, 2.24) is 5.32 Å². The Labute approximate surface area is 119 Å². The molecule has 3 N–H and O–H groups in total. The van der Waals surface area contributed by atoms with Crippen LogP contribution in [0.15, 0.2) is 23.1 Å². The third-order valence-corrected chi connectivity index (χ3v) is 3.96. The minimum absolute atomic E-state index is 0.00700. The van der Waals surface area contributed by atoms with Crippen LogP contribution < -0.4 is 10.5 Å². The number of sulfonamides is 1. The molecule has 1 aromatic carbocycles. The molecule has 0 aliphatic rings. The second-order valence-corrected chi connectivity index (χ2v) is 6.01. The van der Waals surface area contributed by atoms with Gasteiger partial charge >= 0.3 is 0 Å². The van der Waals surface area contributed by atoms with Crippen molar-refractivity contribution in [2.24, 2.45) is 5.14 Å². The average molecular weight is 300 g/mol. The van der Waals surface area contributed by atoms with Crippen LogP contribution in [0.4, 0.5) is 0 Å². The van der Waals surface area contributed by atoms with Gasteiger partial charge in [-0.15, -0.1) is 0 Å². The molecule has 0 bridgehead atoms. The van der Waals surface area contributed by atoms with Crippen LogP contribution in [0.3, 0.4) is 0 Å². The van der Waals surface area contributed by atoms with E-state index in [0.29, 0.717) is 18.5 Å². The number of benzene rings is 1. The lowest BCUT2D eigenvalue weighted by Crippen LogP contribution is -2.31. The van der Waals surface area contributed by atoms with Gasteiger partial charge in [0.05, 0.1) is 11.0 Å². The van der Waals surface area contributed by atoms with Crippen LogP contribution in [0, 0.1) is 0 Å². The number of aryl methyl sites for hydroxylation is 1. The van der Waals surface area contributed by atoms with Gasteiger partial charge in [-0.3, -0.25) is 4.79 Å². The summed E-state index contributed by atoms with van der Waals surface area (Å²) < 4.78 is 28.1. The maximum atomic E-state index is 11.9. The monoisotopic (exact) mass is 300 g/mol. The Bertz CT molecular complexity index is 584. The molecule has 0 fully saturated rings. The second-order valence-electron chi connectivity index (χ2n) is 4.48. The van der Waals surface area contributed by atoms with E-state index in [4.69, 9.17) is 9.88 Å². The number of primary sulfonamides is 1. The van der Waals surface area contributed by atoms with Crippen LogP contribution in [0.25, 0.3) is 0 Å². The average Bonchev–Trinajstić information content (AvgIpc) is 2.42. The zero-order valence-electron chi connectivity index (χ0n) is 11.8. The summed E-state index contributed by atoms with van der Waals surface area (Å²) in [4.78, 5) is 11.9. The Balaban J connectivity index is 3.00. The summed E-state index contributed by atoms with van der Waals surface area (Å²) in [6.45, 7) is 3.98. The standard InChI is InChI=1S/C13H20N2O4S/c1-4-10-5-6-11(7-12(10)20(14,17)18)13(16)15-8-9(2)19-3/h5-7,9H,4,8H2,1-3H3,(H,15,16)(H2,14,17,18). The van der Waals surface area contributed by atoms with E-state index >= 15 is 0 Å². The number of carbonyl (C=O) groups excluding carboxylic acids is 1. The summed E-state index contributed by atoms with van der Waals surface area (Å²) in [5, 5.41) is 7.83. The van der Waals surface area contributed by atoms with E-state index < -0.39 is 10.0 Å². The van der Waals surface area contributed by atoms with Crippen molar-refractivity contribution in [1.29, 1.82) is 0 Å². The number of hydrogen-bond donors (Lipinski definition) is 2. The highest BCUT2D eigenvalue weighted by molar-refractivity contribution is 7.89. The van der Waals surface area contributed by atoms with E-state index in [1.54, 1.807) is 19.2 Å². The largest absolute Gasteiger partial charge is 0.380 e. The van der Waals surface area contributed by atoms with Crippen molar-refractivity contribution in [3.8, 4) is 0 Å². The number of methoxy groups -OCH3 is 1. The highest BCUT2D eigenvalue weighted by Gasteiger charge is 2.16. The van der Waals surface area contributed by atoms with Crippen molar-refractivity contribution in [2.45, 2.75) is 31.3 Å². The number of hydrogen-bond acceptors (Lipinski definition) is 4. The number of nitrogens with one attached hydrogen (secondary N) is 1. The minimum atomic E-state index is -3.84. The SMILES string of the molecule is CCc1ccc(C(=O)NCC(C)OC)cc1S(N)(=O)=O. The first-order chi connectivity index (χ1) is 9.29. The lowest BCUT2D eigenvalue weighted by Gasteiger charge is -2.12. The summed E-state index contributed by atoms with van der Waals surface area (Å²) in [6.07, 6.45) is 0.403. The number of ether oxygens (including phenoxy) is 1. The highest BCUT2D eigenvalue weighted by atomic mass is 32.2. The Morgan fingerprint density at radius 1 is 1.45 bits per heavy atom. The summed E-state index contributed by atoms with van der Waals surface area (Å²) in [7, 11) is -2.29. The van der Waals surface area contributed by atoms with E-state index in [-0.39, 0.29) is 22.5 Å². The Morgan fingerprint density at radius 3 is 2.60 bits per heavy atom. The molecule has 0 aromatic heterocycles. The molecular weight excluding hydrogens is 280 g/mol. The fraction of sp³-hybridized carbons (Fsp3) is 0.462. The number of rotatable bonds is 6. The number of nitrogens with two attached hydrogens (primary N) is 1. The summed E-state index contributed by atoms with van der Waals surface area (Å²) >= 11 is 0. The molecule has 0 aliphatic carbocycles. The van der Waals surface area contributed by atoms with E-state index in [0.717, 1.165) is 0 Å². The molecule has 0 heterocycles. The lowest BCUT2D eigenvalue weighted by atomic mass is 10.1. The lowest BCUT2D eigenvalue weighted by molar-refractivity contribution is 0.0870. The molecule has 1 rings (SSSR count). The molecule has 0 aliphatic heterocycles. The zero-order chi connectivity index (χ0) is 15.3. The van der Waals surface area contributed by atoms with Gasteiger partial charge in [-0.1, -0.05) is 13.0 Å². The summed E-state index contributed by atoms with van der Waals surface area (Å²) in [5.74, 6) is -0.360. The minimum Gasteiger partial charge on any atom is -0.380 e. The smallest absolute Gasteiger partial charge is 0.251 e. The van der Waals surface area contributed by atoms with Crippen LogP contribution in [0.5, 0.6) is 0 Å². The van der Waals surface area contributed by atoms with Gasteiger partial charge in [0, 0.05) is 19.2 Å². The van der Waals surface area contributed by atoms with Gasteiger partial charge in [0.15, 0.2) is 0 Å². The van der Waals surface area contributed by atoms with Gasteiger partial charge < -0.3 is 10.1 Å². The fourth-order valence-corrected chi connectivity index (χ4v) is 2.54. The summed E-state index contributed by atoms with van der Waals surface area (Å²) in [6, 6.07) is 4.50. The van der Waals surface area contributed by atoms with Crippen molar-refractivity contribution >= 4 is 15.9 Å². The predicted octanol–water partition coefficient (Wildman–Crippen LogP) is 0.661. The molecule has 7 heteroatoms. The van der Waals surface area contributed by atoms with Crippen molar-refractivity contribution in [2.75, 3.05) is 13.7 Å². The van der Waals surface area contributed by atoms with Gasteiger partial charge in [-0.05, 0) is 31.0 Å². The number of amides is 1. The fourth-order valence-electron chi connectivity index (χ4n) is 1.67. The molecule has 112 valence electrons. The molecule has 1 amide bonds.